The zero-order valence-electron chi connectivity index (χ0n) is 9.93. The van der Waals surface area contributed by atoms with Gasteiger partial charge in [-0.1, -0.05) is 22.0 Å². The van der Waals surface area contributed by atoms with E-state index in [1.54, 1.807) is 6.21 Å². The van der Waals surface area contributed by atoms with Gasteiger partial charge in [0.25, 0.3) is 0 Å². The molecular formula is C12H17BrN4. The average molecular weight is 297 g/mol. The normalized spacial score (nSPS) is 17.9. The molecule has 1 aliphatic heterocycles. The van der Waals surface area contributed by atoms with E-state index in [9.17, 15) is 0 Å². The lowest BCUT2D eigenvalue weighted by Crippen LogP contribution is -2.44. The Morgan fingerprint density at radius 3 is 2.65 bits per heavy atom. The van der Waals surface area contributed by atoms with E-state index in [1.165, 1.54) is 5.69 Å². The minimum Gasteiger partial charge on any atom is -0.368 e. The van der Waals surface area contributed by atoms with Crippen LogP contribution in [0.5, 0.6) is 0 Å². The van der Waals surface area contributed by atoms with E-state index in [0.717, 1.165) is 36.2 Å². The molecule has 1 aliphatic rings. The van der Waals surface area contributed by atoms with Crippen molar-refractivity contribution >= 4 is 27.8 Å². The van der Waals surface area contributed by atoms with Crippen molar-refractivity contribution in [3.63, 3.8) is 0 Å². The molecule has 2 N–H and O–H groups in total. The predicted octanol–water partition coefficient (Wildman–Crippen LogP) is 1.49. The molecule has 5 heteroatoms. The van der Waals surface area contributed by atoms with E-state index >= 15 is 0 Å². The van der Waals surface area contributed by atoms with Crippen LogP contribution in [-0.4, -0.2) is 44.3 Å². The number of benzene rings is 1. The van der Waals surface area contributed by atoms with Crippen LogP contribution in [0, 0.1) is 0 Å². The molecule has 1 fully saturated rings. The number of likely N-dealkylation sites (N-methyl/N-ethyl adjacent to an activating group) is 1. The van der Waals surface area contributed by atoms with Gasteiger partial charge in [0.1, 0.15) is 0 Å². The molecule has 92 valence electrons. The summed E-state index contributed by atoms with van der Waals surface area (Å²) in [6, 6.07) is 6.17. The predicted molar refractivity (Wildman–Crippen MR) is 75.6 cm³/mol. The standard InChI is InChI=1S/C12H17BrN4/c1-16-4-6-17(7-5-16)12-8-11(13)3-2-10(12)9-15-14/h2-3,8-9H,4-7,14H2,1H3. The van der Waals surface area contributed by atoms with Crippen LogP contribution in [0.25, 0.3) is 0 Å². The molecule has 0 amide bonds. The Hall–Kier alpha value is -1.07. The highest BCUT2D eigenvalue weighted by Crippen LogP contribution is 2.25. The fourth-order valence-corrected chi connectivity index (χ4v) is 2.38. The lowest BCUT2D eigenvalue weighted by molar-refractivity contribution is 0.313. The first-order chi connectivity index (χ1) is 8.20. The zero-order valence-corrected chi connectivity index (χ0v) is 11.5. The Bertz CT molecular complexity index is 411. The largest absolute Gasteiger partial charge is 0.368 e. The summed E-state index contributed by atoms with van der Waals surface area (Å²) < 4.78 is 1.08. The fraction of sp³-hybridized carbons (Fsp3) is 0.417. The maximum Gasteiger partial charge on any atom is 0.0558 e. The van der Waals surface area contributed by atoms with Gasteiger partial charge in [-0.2, -0.15) is 5.10 Å². The van der Waals surface area contributed by atoms with Crippen molar-refractivity contribution < 1.29 is 0 Å². The second-order valence-electron chi connectivity index (χ2n) is 4.27. The SMILES string of the molecule is CN1CCN(c2cc(Br)ccc2C=NN)CC1. The molecule has 0 aromatic heterocycles. The second kappa shape index (κ2) is 5.51. The monoisotopic (exact) mass is 296 g/mol. The molecule has 0 atom stereocenters. The molecule has 0 bridgehead atoms. The van der Waals surface area contributed by atoms with Gasteiger partial charge in [-0.3, -0.25) is 0 Å². The Balaban J connectivity index is 2.26. The van der Waals surface area contributed by atoms with Crippen LogP contribution in [0.15, 0.2) is 27.8 Å². The Morgan fingerprint density at radius 1 is 1.29 bits per heavy atom. The third kappa shape index (κ3) is 2.98. The van der Waals surface area contributed by atoms with Gasteiger partial charge >= 0.3 is 0 Å². The number of hydrogen-bond acceptors (Lipinski definition) is 4. The molecule has 1 heterocycles. The highest BCUT2D eigenvalue weighted by Gasteiger charge is 2.16. The van der Waals surface area contributed by atoms with Crippen LogP contribution in [0.3, 0.4) is 0 Å². The number of rotatable bonds is 2. The minimum atomic E-state index is 1.04. The van der Waals surface area contributed by atoms with Gasteiger partial charge in [0.15, 0.2) is 0 Å². The highest BCUT2D eigenvalue weighted by molar-refractivity contribution is 9.10. The van der Waals surface area contributed by atoms with Crippen LogP contribution in [-0.2, 0) is 0 Å². The number of hydrazone groups is 1. The molecule has 4 nitrogen and oxygen atoms in total. The van der Waals surface area contributed by atoms with Crippen molar-refractivity contribution in [2.75, 3.05) is 38.1 Å². The van der Waals surface area contributed by atoms with Gasteiger partial charge in [0.2, 0.25) is 0 Å². The van der Waals surface area contributed by atoms with Crippen molar-refractivity contribution in [3.8, 4) is 0 Å². The van der Waals surface area contributed by atoms with Crippen LogP contribution < -0.4 is 10.7 Å². The van der Waals surface area contributed by atoms with E-state index in [1.807, 2.05) is 12.1 Å². The summed E-state index contributed by atoms with van der Waals surface area (Å²) in [7, 11) is 2.15. The van der Waals surface area contributed by atoms with Crippen LogP contribution in [0.2, 0.25) is 0 Å². The first kappa shape index (κ1) is 12.4. The molecule has 1 saturated heterocycles. The summed E-state index contributed by atoms with van der Waals surface area (Å²) in [6.45, 7) is 4.26. The van der Waals surface area contributed by atoms with Gasteiger partial charge in [0, 0.05) is 41.9 Å². The van der Waals surface area contributed by atoms with Crippen LogP contribution in [0.1, 0.15) is 5.56 Å². The summed E-state index contributed by atoms with van der Waals surface area (Å²) in [4.78, 5) is 4.72. The van der Waals surface area contributed by atoms with Crippen LogP contribution >= 0.6 is 15.9 Å². The van der Waals surface area contributed by atoms with Crippen LogP contribution in [0.4, 0.5) is 5.69 Å². The van der Waals surface area contributed by atoms with Crippen molar-refractivity contribution in [1.29, 1.82) is 0 Å². The molecule has 0 radical (unpaired) electrons. The fourth-order valence-electron chi connectivity index (χ4n) is 2.03. The first-order valence-corrected chi connectivity index (χ1v) is 6.46. The number of halogens is 1. The number of nitrogens with two attached hydrogens (primary N) is 1. The maximum absolute atomic E-state index is 5.25. The summed E-state index contributed by atoms with van der Waals surface area (Å²) in [5, 5.41) is 3.63. The molecule has 0 unspecified atom stereocenters. The molecule has 0 spiro atoms. The Morgan fingerprint density at radius 2 is 2.00 bits per heavy atom. The zero-order chi connectivity index (χ0) is 12.3. The maximum atomic E-state index is 5.25. The Kier molecular flexibility index (Phi) is 4.02. The van der Waals surface area contributed by atoms with E-state index in [2.05, 4.69) is 43.9 Å². The van der Waals surface area contributed by atoms with E-state index in [4.69, 9.17) is 5.84 Å². The smallest absolute Gasteiger partial charge is 0.0558 e. The third-order valence-corrected chi connectivity index (χ3v) is 3.54. The molecule has 0 aliphatic carbocycles. The number of hydrogen-bond donors (Lipinski definition) is 1. The lowest BCUT2D eigenvalue weighted by atomic mass is 10.1. The molecular weight excluding hydrogens is 280 g/mol. The van der Waals surface area contributed by atoms with Gasteiger partial charge < -0.3 is 15.6 Å². The lowest BCUT2D eigenvalue weighted by Gasteiger charge is -2.34. The van der Waals surface area contributed by atoms with Crippen molar-refractivity contribution in [2.45, 2.75) is 0 Å². The quantitative estimate of drug-likeness (QED) is 0.511. The summed E-state index contributed by atoms with van der Waals surface area (Å²) in [5.74, 6) is 5.25. The van der Waals surface area contributed by atoms with E-state index in [-0.39, 0.29) is 0 Å². The van der Waals surface area contributed by atoms with Gasteiger partial charge in [-0.25, -0.2) is 0 Å². The summed E-state index contributed by atoms with van der Waals surface area (Å²) in [6.07, 6.45) is 1.71. The van der Waals surface area contributed by atoms with E-state index < -0.39 is 0 Å². The molecule has 1 aromatic rings. The minimum absolute atomic E-state index is 1.04. The molecule has 17 heavy (non-hydrogen) atoms. The number of nitrogens with zero attached hydrogens (tertiary/aromatic N) is 3. The van der Waals surface area contributed by atoms with Crippen molar-refractivity contribution in [1.82, 2.24) is 4.90 Å². The van der Waals surface area contributed by atoms with Gasteiger partial charge in [0.05, 0.1) is 6.21 Å². The Labute approximate surface area is 110 Å². The second-order valence-corrected chi connectivity index (χ2v) is 5.19. The highest BCUT2D eigenvalue weighted by atomic mass is 79.9. The molecule has 2 rings (SSSR count). The van der Waals surface area contributed by atoms with Gasteiger partial charge in [-0.15, -0.1) is 0 Å². The summed E-state index contributed by atoms with van der Waals surface area (Å²) in [5.41, 5.74) is 2.27. The van der Waals surface area contributed by atoms with Crippen molar-refractivity contribution in [2.24, 2.45) is 10.9 Å². The van der Waals surface area contributed by atoms with Gasteiger partial charge in [-0.05, 0) is 19.2 Å². The number of anilines is 1. The number of piperazine rings is 1. The first-order valence-electron chi connectivity index (χ1n) is 5.67. The third-order valence-electron chi connectivity index (χ3n) is 3.05. The average Bonchev–Trinajstić information content (AvgIpc) is 2.33. The van der Waals surface area contributed by atoms with E-state index in [0.29, 0.717) is 0 Å². The molecule has 1 aromatic carbocycles. The van der Waals surface area contributed by atoms with Crippen molar-refractivity contribution in [3.05, 3.63) is 28.2 Å². The topological polar surface area (TPSA) is 44.9 Å². The molecule has 0 saturated carbocycles. The summed E-state index contributed by atoms with van der Waals surface area (Å²) >= 11 is 3.51.